The molecule has 1 amide bonds. The second kappa shape index (κ2) is 4.65. The molecule has 1 aromatic carbocycles. The average Bonchev–Trinajstić information content (AvgIpc) is 2.20. The molecule has 0 saturated carbocycles. The van der Waals surface area contributed by atoms with Crippen molar-refractivity contribution >= 4 is 11.9 Å². The van der Waals surface area contributed by atoms with Gasteiger partial charge in [-0.1, -0.05) is 6.07 Å². The summed E-state index contributed by atoms with van der Waals surface area (Å²) in [4.78, 5) is 21.7. The minimum atomic E-state index is -1.03. The van der Waals surface area contributed by atoms with Crippen LogP contribution in [0.3, 0.4) is 0 Å². The lowest BCUT2D eigenvalue weighted by molar-refractivity contribution is -0.123. The van der Waals surface area contributed by atoms with Crippen molar-refractivity contribution < 1.29 is 19.4 Å². The van der Waals surface area contributed by atoms with Crippen LogP contribution in [0.5, 0.6) is 5.75 Å². The standard InChI is InChI=1S/C11H13NO4/c1-6-8(11(14)15)4-3-5-9(6)16-7(2)10(12)13/h3-5,7H,1-2H3,(H2,12,13)(H,14,15). The Hall–Kier alpha value is -2.04. The van der Waals surface area contributed by atoms with Gasteiger partial charge in [-0.2, -0.15) is 0 Å². The van der Waals surface area contributed by atoms with Crippen LogP contribution in [0.1, 0.15) is 22.8 Å². The Morgan fingerprint density at radius 3 is 2.56 bits per heavy atom. The Morgan fingerprint density at radius 2 is 2.06 bits per heavy atom. The number of amides is 1. The first kappa shape index (κ1) is 12.0. The van der Waals surface area contributed by atoms with Gasteiger partial charge in [-0.05, 0) is 26.0 Å². The van der Waals surface area contributed by atoms with Crippen LogP contribution >= 0.6 is 0 Å². The van der Waals surface area contributed by atoms with E-state index < -0.39 is 18.0 Å². The zero-order chi connectivity index (χ0) is 12.3. The number of carbonyl (C=O) groups excluding carboxylic acids is 1. The van der Waals surface area contributed by atoms with E-state index in [1.165, 1.54) is 13.0 Å². The van der Waals surface area contributed by atoms with Crippen LogP contribution in [0, 0.1) is 6.92 Å². The van der Waals surface area contributed by atoms with Crippen molar-refractivity contribution in [1.29, 1.82) is 0 Å². The normalized spacial score (nSPS) is 11.9. The first-order valence-corrected chi connectivity index (χ1v) is 4.72. The average molecular weight is 223 g/mol. The summed E-state index contributed by atoms with van der Waals surface area (Å²) in [7, 11) is 0. The van der Waals surface area contributed by atoms with Crippen molar-refractivity contribution in [2.24, 2.45) is 5.73 Å². The fourth-order valence-electron chi connectivity index (χ4n) is 1.22. The minimum absolute atomic E-state index is 0.147. The monoisotopic (exact) mass is 223 g/mol. The summed E-state index contributed by atoms with van der Waals surface area (Å²) >= 11 is 0. The molecule has 16 heavy (non-hydrogen) atoms. The van der Waals surface area contributed by atoms with Crippen molar-refractivity contribution in [3.8, 4) is 5.75 Å². The summed E-state index contributed by atoms with van der Waals surface area (Å²) in [5, 5.41) is 8.89. The number of benzene rings is 1. The third-order valence-corrected chi connectivity index (χ3v) is 2.22. The lowest BCUT2D eigenvalue weighted by Gasteiger charge is -2.14. The van der Waals surface area contributed by atoms with Crippen LogP contribution in [0.25, 0.3) is 0 Å². The van der Waals surface area contributed by atoms with Crippen molar-refractivity contribution in [2.75, 3.05) is 0 Å². The Kier molecular flexibility index (Phi) is 3.50. The summed E-state index contributed by atoms with van der Waals surface area (Å²) in [6, 6.07) is 4.63. The molecule has 86 valence electrons. The van der Waals surface area contributed by atoms with Gasteiger partial charge in [0.2, 0.25) is 0 Å². The van der Waals surface area contributed by atoms with Crippen LogP contribution in [0.15, 0.2) is 18.2 Å². The van der Waals surface area contributed by atoms with Gasteiger partial charge in [0.25, 0.3) is 5.91 Å². The predicted octanol–water partition coefficient (Wildman–Crippen LogP) is 0.946. The van der Waals surface area contributed by atoms with Crippen LogP contribution < -0.4 is 10.5 Å². The molecule has 0 radical (unpaired) electrons. The smallest absolute Gasteiger partial charge is 0.336 e. The molecule has 1 unspecified atom stereocenters. The van der Waals surface area contributed by atoms with E-state index in [-0.39, 0.29) is 5.56 Å². The SMILES string of the molecule is Cc1c(OC(C)C(N)=O)cccc1C(=O)O. The van der Waals surface area contributed by atoms with Gasteiger partial charge in [0.1, 0.15) is 5.75 Å². The van der Waals surface area contributed by atoms with E-state index in [1.54, 1.807) is 19.1 Å². The van der Waals surface area contributed by atoms with Crippen LogP contribution in [0.4, 0.5) is 0 Å². The number of carboxylic acids is 1. The van der Waals surface area contributed by atoms with E-state index >= 15 is 0 Å². The molecular formula is C11H13NO4. The van der Waals surface area contributed by atoms with E-state index in [2.05, 4.69) is 0 Å². The van der Waals surface area contributed by atoms with Crippen LogP contribution in [0.2, 0.25) is 0 Å². The predicted molar refractivity (Wildman–Crippen MR) is 57.4 cm³/mol. The van der Waals surface area contributed by atoms with Crippen molar-refractivity contribution in [2.45, 2.75) is 20.0 Å². The second-order valence-corrected chi connectivity index (χ2v) is 3.40. The maximum absolute atomic E-state index is 10.8. The highest BCUT2D eigenvalue weighted by molar-refractivity contribution is 5.90. The van der Waals surface area contributed by atoms with Crippen molar-refractivity contribution in [1.82, 2.24) is 0 Å². The molecule has 0 heterocycles. The Morgan fingerprint density at radius 1 is 1.44 bits per heavy atom. The zero-order valence-electron chi connectivity index (χ0n) is 9.06. The maximum Gasteiger partial charge on any atom is 0.336 e. The molecule has 0 aliphatic heterocycles. The Balaban J connectivity index is 3.02. The number of carboxylic acid groups (broad SMARTS) is 1. The summed E-state index contributed by atoms with van der Waals surface area (Å²) in [5.74, 6) is -1.28. The number of nitrogens with two attached hydrogens (primary N) is 1. The highest BCUT2D eigenvalue weighted by Crippen LogP contribution is 2.22. The van der Waals surface area contributed by atoms with Gasteiger partial charge in [0.15, 0.2) is 6.10 Å². The van der Waals surface area contributed by atoms with E-state index in [4.69, 9.17) is 15.6 Å². The van der Waals surface area contributed by atoms with Gasteiger partial charge < -0.3 is 15.6 Å². The van der Waals surface area contributed by atoms with Gasteiger partial charge in [-0.3, -0.25) is 4.79 Å². The molecule has 0 spiro atoms. The highest BCUT2D eigenvalue weighted by Gasteiger charge is 2.15. The largest absolute Gasteiger partial charge is 0.481 e. The highest BCUT2D eigenvalue weighted by atomic mass is 16.5. The number of hydrogen-bond donors (Lipinski definition) is 2. The molecule has 0 aliphatic rings. The van der Waals surface area contributed by atoms with Crippen molar-refractivity contribution in [3.63, 3.8) is 0 Å². The summed E-state index contributed by atoms with van der Waals surface area (Å²) in [5.41, 5.74) is 5.67. The number of ether oxygens (including phenoxy) is 1. The molecule has 0 saturated heterocycles. The molecule has 5 nitrogen and oxygen atoms in total. The number of carbonyl (C=O) groups is 2. The third-order valence-electron chi connectivity index (χ3n) is 2.22. The first-order valence-electron chi connectivity index (χ1n) is 4.72. The quantitative estimate of drug-likeness (QED) is 0.795. The number of hydrogen-bond acceptors (Lipinski definition) is 3. The van der Waals surface area contributed by atoms with E-state index in [0.29, 0.717) is 11.3 Å². The molecule has 3 N–H and O–H groups in total. The van der Waals surface area contributed by atoms with E-state index in [1.807, 2.05) is 0 Å². The fraction of sp³-hybridized carbons (Fsp3) is 0.273. The van der Waals surface area contributed by atoms with Gasteiger partial charge in [0.05, 0.1) is 5.56 Å². The van der Waals surface area contributed by atoms with Crippen LogP contribution in [-0.2, 0) is 4.79 Å². The Bertz CT molecular complexity index is 428. The maximum atomic E-state index is 10.8. The molecule has 1 aromatic rings. The number of aromatic carboxylic acids is 1. The van der Waals surface area contributed by atoms with Gasteiger partial charge in [-0.25, -0.2) is 4.79 Å². The molecule has 1 atom stereocenters. The summed E-state index contributed by atoms with van der Waals surface area (Å²) < 4.78 is 5.26. The Labute approximate surface area is 92.8 Å². The van der Waals surface area contributed by atoms with Gasteiger partial charge in [-0.15, -0.1) is 0 Å². The van der Waals surface area contributed by atoms with Gasteiger partial charge in [0, 0.05) is 5.56 Å². The van der Waals surface area contributed by atoms with Gasteiger partial charge >= 0.3 is 5.97 Å². The minimum Gasteiger partial charge on any atom is -0.481 e. The lowest BCUT2D eigenvalue weighted by atomic mass is 10.1. The first-order chi connectivity index (χ1) is 7.43. The number of primary amides is 1. The third kappa shape index (κ3) is 2.50. The molecular weight excluding hydrogens is 210 g/mol. The lowest BCUT2D eigenvalue weighted by Crippen LogP contribution is -2.30. The number of rotatable bonds is 4. The summed E-state index contributed by atoms with van der Waals surface area (Å²) in [6.07, 6.45) is -0.789. The molecule has 0 fully saturated rings. The molecule has 5 heteroatoms. The zero-order valence-corrected chi connectivity index (χ0v) is 9.06. The van der Waals surface area contributed by atoms with Crippen molar-refractivity contribution in [3.05, 3.63) is 29.3 Å². The van der Waals surface area contributed by atoms with Crippen LogP contribution in [-0.4, -0.2) is 23.1 Å². The molecule has 0 aliphatic carbocycles. The fourth-order valence-corrected chi connectivity index (χ4v) is 1.22. The summed E-state index contributed by atoms with van der Waals surface area (Å²) in [6.45, 7) is 3.13. The van der Waals surface area contributed by atoms with E-state index in [9.17, 15) is 9.59 Å². The molecule has 0 aromatic heterocycles. The molecule has 1 rings (SSSR count). The second-order valence-electron chi connectivity index (χ2n) is 3.40. The topological polar surface area (TPSA) is 89.6 Å². The van der Waals surface area contributed by atoms with E-state index in [0.717, 1.165) is 0 Å². The molecule has 0 bridgehead atoms.